The molecule has 1 aliphatic heterocycles. The summed E-state index contributed by atoms with van der Waals surface area (Å²) in [5.74, 6) is -0.505. The van der Waals surface area contributed by atoms with Crippen LogP contribution in [0.5, 0.6) is 0 Å². The van der Waals surface area contributed by atoms with Crippen molar-refractivity contribution in [1.29, 1.82) is 0 Å². The van der Waals surface area contributed by atoms with Crippen molar-refractivity contribution in [2.45, 2.75) is 19.8 Å². The number of halogens is 1. The zero-order valence-electron chi connectivity index (χ0n) is 15.7. The van der Waals surface area contributed by atoms with Crippen molar-refractivity contribution in [3.63, 3.8) is 0 Å². The molecule has 1 N–H and O–H groups in total. The summed E-state index contributed by atoms with van der Waals surface area (Å²) in [5.41, 5.74) is 4.17. The standard InChI is InChI=1S/C21H26N2O2.ClH/c1-4-23(5-2)14-15-25-21(24)20-16-10-6-8-12-18(16)22(3)19-13-9-7-11-17(19)20;/h6-13,20H,4-5,14-15H2,1-3H3;1H. The number of anilines is 2. The van der Waals surface area contributed by atoms with Crippen LogP contribution in [0.1, 0.15) is 30.9 Å². The number of rotatable bonds is 6. The third kappa shape index (κ3) is 3.87. The Morgan fingerprint density at radius 1 is 1.00 bits per heavy atom. The Labute approximate surface area is 162 Å². The molecule has 1 heterocycles. The molecule has 3 rings (SSSR count). The van der Waals surface area contributed by atoms with Crippen LogP contribution in [0.3, 0.4) is 0 Å². The first-order valence-corrected chi connectivity index (χ1v) is 9.09. The summed E-state index contributed by atoms with van der Waals surface area (Å²) in [6.07, 6.45) is 0. The summed E-state index contributed by atoms with van der Waals surface area (Å²) >= 11 is 0. The Hall–Kier alpha value is -2.04. The Morgan fingerprint density at radius 3 is 2.00 bits per heavy atom. The average molecular weight is 375 g/mol. The molecule has 0 saturated carbocycles. The Morgan fingerprint density at radius 2 is 1.50 bits per heavy atom. The highest BCUT2D eigenvalue weighted by Crippen LogP contribution is 2.44. The number of likely N-dealkylation sites (N-methyl/N-ethyl adjacent to an activating group) is 1. The zero-order valence-corrected chi connectivity index (χ0v) is 16.4. The maximum atomic E-state index is 12.9. The first kappa shape index (κ1) is 20.3. The van der Waals surface area contributed by atoms with Gasteiger partial charge in [0.1, 0.15) is 19.1 Å². The molecule has 0 amide bonds. The molecule has 0 unspecified atom stereocenters. The number of quaternary nitrogens is 1. The molecule has 5 heteroatoms. The molecule has 1 aliphatic rings. The van der Waals surface area contributed by atoms with E-state index in [1.165, 1.54) is 4.90 Å². The van der Waals surface area contributed by atoms with Crippen molar-refractivity contribution in [3.8, 4) is 0 Å². The summed E-state index contributed by atoms with van der Waals surface area (Å²) in [4.78, 5) is 16.5. The maximum absolute atomic E-state index is 12.9. The topological polar surface area (TPSA) is 34.0 Å². The molecule has 2 aromatic rings. The average Bonchev–Trinajstić information content (AvgIpc) is 2.65. The van der Waals surface area contributed by atoms with Gasteiger partial charge < -0.3 is 26.9 Å². The predicted octanol–water partition coefficient (Wildman–Crippen LogP) is -0.628. The van der Waals surface area contributed by atoms with Gasteiger partial charge in [-0.2, -0.15) is 0 Å². The molecule has 2 aromatic carbocycles. The van der Waals surface area contributed by atoms with Crippen LogP contribution in [-0.4, -0.2) is 39.3 Å². The minimum atomic E-state index is -0.352. The normalized spacial score (nSPS) is 13.0. The van der Waals surface area contributed by atoms with Crippen molar-refractivity contribution in [2.24, 2.45) is 0 Å². The third-order valence-electron chi connectivity index (χ3n) is 5.15. The number of fused-ring (bicyclic) bond motifs is 2. The summed E-state index contributed by atoms with van der Waals surface area (Å²) in [5, 5.41) is 0. The number of benzene rings is 2. The van der Waals surface area contributed by atoms with E-state index in [1.54, 1.807) is 0 Å². The van der Waals surface area contributed by atoms with E-state index in [2.05, 4.69) is 30.9 Å². The van der Waals surface area contributed by atoms with E-state index in [-0.39, 0.29) is 24.3 Å². The lowest BCUT2D eigenvalue weighted by atomic mass is 9.85. The van der Waals surface area contributed by atoms with Crippen molar-refractivity contribution in [2.75, 3.05) is 38.2 Å². The van der Waals surface area contributed by atoms with E-state index in [0.29, 0.717) is 6.61 Å². The number of para-hydroxylation sites is 2. The minimum absolute atomic E-state index is 0. The number of ether oxygens (including phenoxy) is 1. The summed E-state index contributed by atoms with van der Waals surface area (Å²) in [6.45, 7) is 7.73. The van der Waals surface area contributed by atoms with Crippen LogP contribution >= 0.6 is 0 Å². The van der Waals surface area contributed by atoms with Gasteiger partial charge in [-0.1, -0.05) is 36.4 Å². The Kier molecular flexibility index (Phi) is 7.06. The first-order valence-electron chi connectivity index (χ1n) is 9.09. The van der Waals surface area contributed by atoms with Crippen LogP contribution in [-0.2, 0) is 9.53 Å². The number of hydrogen-bond donors (Lipinski definition) is 1. The molecule has 0 aromatic heterocycles. The molecule has 0 radical (unpaired) electrons. The fourth-order valence-electron chi connectivity index (χ4n) is 3.61. The molecule has 0 bridgehead atoms. The van der Waals surface area contributed by atoms with Gasteiger partial charge in [0.25, 0.3) is 0 Å². The molecule has 140 valence electrons. The highest BCUT2D eigenvalue weighted by molar-refractivity contribution is 5.91. The summed E-state index contributed by atoms with van der Waals surface area (Å²) in [7, 11) is 2.04. The van der Waals surface area contributed by atoms with Gasteiger partial charge in [0.2, 0.25) is 0 Å². The molecule has 0 aliphatic carbocycles. The molecular weight excluding hydrogens is 348 g/mol. The number of esters is 1. The van der Waals surface area contributed by atoms with Crippen molar-refractivity contribution < 1.29 is 26.8 Å². The maximum Gasteiger partial charge on any atom is 0.318 e. The van der Waals surface area contributed by atoms with Crippen LogP contribution in [0.15, 0.2) is 48.5 Å². The highest BCUT2D eigenvalue weighted by Gasteiger charge is 2.34. The first-order chi connectivity index (χ1) is 12.2. The fourth-order valence-corrected chi connectivity index (χ4v) is 3.61. The van der Waals surface area contributed by atoms with Gasteiger partial charge in [0.05, 0.1) is 13.1 Å². The smallest absolute Gasteiger partial charge is 0.318 e. The van der Waals surface area contributed by atoms with Crippen LogP contribution in [0.4, 0.5) is 11.4 Å². The largest absolute Gasteiger partial charge is 1.00 e. The molecule has 0 atom stereocenters. The van der Waals surface area contributed by atoms with Crippen LogP contribution in [0.2, 0.25) is 0 Å². The quantitative estimate of drug-likeness (QED) is 0.684. The third-order valence-corrected chi connectivity index (χ3v) is 5.15. The van der Waals surface area contributed by atoms with Gasteiger partial charge in [-0.05, 0) is 37.1 Å². The SMILES string of the molecule is CC[NH+](CC)CCOC(=O)C1c2ccccc2N(C)c2ccccc21.[Cl-]. The Bertz CT molecular complexity index is 699. The summed E-state index contributed by atoms with van der Waals surface area (Å²) in [6, 6.07) is 16.2. The second kappa shape index (κ2) is 9.06. The number of carbonyl (C=O) groups excluding carboxylic acids is 1. The second-order valence-corrected chi connectivity index (χ2v) is 6.48. The minimum Gasteiger partial charge on any atom is -1.00 e. The molecule has 0 saturated heterocycles. The van der Waals surface area contributed by atoms with Crippen LogP contribution in [0, 0.1) is 0 Å². The highest BCUT2D eigenvalue weighted by atomic mass is 35.5. The van der Waals surface area contributed by atoms with Gasteiger partial charge in [0.15, 0.2) is 0 Å². The van der Waals surface area contributed by atoms with Gasteiger partial charge in [-0.25, -0.2) is 0 Å². The van der Waals surface area contributed by atoms with Gasteiger partial charge in [-0.3, -0.25) is 4.79 Å². The lowest BCUT2D eigenvalue weighted by Crippen LogP contribution is -3.11. The number of hydrogen-bond acceptors (Lipinski definition) is 3. The molecular formula is C21H27ClN2O2. The van der Waals surface area contributed by atoms with E-state index in [0.717, 1.165) is 42.1 Å². The number of nitrogens with zero attached hydrogens (tertiary/aromatic N) is 1. The Balaban J connectivity index is 0.00000243. The van der Waals surface area contributed by atoms with E-state index in [9.17, 15) is 4.79 Å². The van der Waals surface area contributed by atoms with Gasteiger partial charge in [0, 0.05) is 18.4 Å². The van der Waals surface area contributed by atoms with E-state index in [1.807, 2.05) is 43.4 Å². The molecule has 26 heavy (non-hydrogen) atoms. The van der Waals surface area contributed by atoms with Crippen molar-refractivity contribution in [3.05, 3.63) is 59.7 Å². The number of carbonyl (C=O) groups is 1. The number of nitrogens with one attached hydrogen (secondary N) is 1. The molecule has 0 spiro atoms. The van der Waals surface area contributed by atoms with E-state index >= 15 is 0 Å². The van der Waals surface area contributed by atoms with Gasteiger partial charge in [-0.15, -0.1) is 0 Å². The van der Waals surface area contributed by atoms with Crippen LogP contribution in [0.25, 0.3) is 0 Å². The predicted molar refractivity (Wildman–Crippen MR) is 101 cm³/mol. The van der Waals surface area contributed by atoms with E-state index < -0.39 is 0 Å². The fraction of sp³-hybridized carbons (Fsp3) is 0.381. The second-order valence-electron chi connectivity index (χ2n) is 6.48. The van der Waals surface area contributed by atoms with Crippen molar-refractivity contribution in [1.82, 2.24) is 0 Å². The monoisotopic (exact) mass is 374 g/mol. The molecule has 0 fully saturated rings. The lowest BCUT2D eigenvalue weighted by molar-refractivity contribution is -0.896. The van der Waals surface area contributed by atoms with Gasteiger partial charge >= 0.3 is 5.97 Å². The molecule has 4 nitrogen and oxygen atoms in total. The zero-order chi connectivity index (χ0) is 17.8. The van der Waals surface area contributed by atoms with Crippen molar-refractivity contribution >= 4 is 17.3 Å². The van der Waals surface area contributed by atoms with E-state index in [4.69, 9.17) is 4.74 Å². The van der Waals surface area contributed by atoms with Crippen LogP contribution < -0.4 is 22.2 Å². The lowest BCUT2D eigenvalue weighted by Gasteiger charge is -2.34. The summed E-state index contributed by atoms with van der Waals surface area (Å²) < 4.78 is 5.69.